The van der Waals surface area contributed by atoms with Crippen LogP contribution in [0.1, 0.15) is 42.7 Å². The maximum absolute atomic E-state index is 11.6. The van der Waals surface area contributed by atoms with Crippen LogP contribution in [0, 0.1) is 5.92 Å². The topological polar surface area (TPSA) is 42.2 Å². The molecule has 1 fully saturated rings. The summed E-state index contributed by atoms with van der Waals surface area (Å²) in [5.74, 6) is 0.751. The number of hydrogen-bond donors (Lipinski definition) is 1. The van der Waals surface area contributed by atoms with Gasteiger partial charge < -0.3 is 9.73 Å². The van der Waals surface area contributed by atoms with Crippen molar-refractivity contribution in [1.29, 1.82) is 0 Å². The van der Waals surface area contributed by atoms with Gasteiger partial charge in [-0.05, 0) is 42.5 Å². The van der Waals surface area contributed by atoms with Gasteiger partial charge in [0.05, 0.1) is 0 Å². The molecule has 0 bridgehead atoms. The molecule has 1 aliphatic rings. The fourth-order valence-corrected chi connectivity index (χ4v) is 2.30. The number of amides is 1. The summed E-state index contributed by atoms with van der Waals surface area (Å²) in [7, 11) is 0. The summed E-state index contributed by atoms with van der Waals surface area (Å²) in [4.78, 5) is 11.6. The van der Waals surface area contributed by atoms with E-state index in [4.69, 9.17) is 16.0 Å². The number of rotatable bonds is 3. The minimum absolute atomic E-state index is 0.169. The van der Waals surface area contributed by atoms with Crippen molar-refractivity contribution in [3.05, 3.63) is 23.1 Å². The first-order valence-electron chi connectivity index (χ1n) is 5.79. The van der Waals surface area contributed by atoms with Crippen LogP contribution in [0.4, 0.5) is 0 Å². The largest absolute Gasteiger partial charge is 0.440 e. The summed E-state index contributed by atoms with van der Waals surface area (Å²) >= 11 is 5.61. The molecule has 0 aromatic carbocycles. The number of carbonyl (C=O) groups excluding carboxylic acids is 1. The number of halogens is 1. The fourth-order valence-electron chi connectivity index (χ4n) is 2.15. The number of carbonyl (C=O) groups is 1. The monoisotopic (exact) mass is 241 g/mol. The third-order valence-corrected chi connectivity index (χ3v) is 3.28. The Morgan fingerprint density at radius 1 is 1.38 bits per heavy atom. The highest BCUT2D eigenvalue weighted by Gasteiger charge is 2.16. The second kappa shape index (κ2) is 5.39. The van der Waals surface area contributed by atoms with E-state index in [-0.39, 0.29) is 11.1 Å². The molecule has 16 heavy (non-hydrogen) atoms. The van der Waals surface area contributed by atoms with Crippen LogP contribution in [0.15, 0.2) is 16.5 Å². The SMILES string of the molecule is O=C(NCC1CCCCC1)c1ccc(Cl)o1. The first-order valence-corrected chi connectivity index (χ1v) is 6.17. The van der Waals surface area contributed by atoms with E-state index in [2.05, 4.69) is 5.32 Å². The van der Waals surface area contributed by atoms with Crippen LogP contribution in [0.5, 0.6) is 0 Å². The van der Waals surface area contributed by atoms with Gasteiger partial charge in [0.2, 0.25) is 0 Å². The Labute approximate surface area is 100 Å². The van der Waals surface area contributed by atoms with E-state index >= 15 is 0 Å². The lowest BCUT2D eigenvalue weighted by Gasteiger charge is -2.21. The second-order valence-corrected chi connectivity index (χ2v) is 4.69. The summed E-state index contributed by atoms with van der Waals surface area (Å²) in [6.45, 7) is 0.747. The molecule has 1 saturated carbocycles. The van der Waals surface area contributed by atoms with E-state index in [1.165, 1.54) is 32.1 Å². The highest BCUT2D eigenvalue weighted by molar-refractivity contribution is 6.29. The van der Waals surface area contributed by atoms with Crippen molar-refractivity contribution < 1.29 is 9.21 Å². The predicted molar refractivity (Wildman–Crippen MR) is 62.6 cm³/mol. The maximum Gasteiger partial charge on any atom is 0.287 e. The molecule has 1 amide bonds. The highest BCUT2D eigenvalue weighted by Crippen LogP contribution is 2.23. The van der Waals surface area contributed by atoms with Crippen LogP contribution in [0.25, 0.3) is 0 Å². The Kier molecular flexibility index (Phi) is 3.88. The maximum atomic E-state index is 11.6. The van der Waals surface area contributed by atoms with Gasteiger partial charge in [-0.3, -0.25) is 4.79 Å². The zero-order valence-corrected chi connectivity index (χ0v) is 9.93. The smallest absolute Gasteiger partial charge is 0.287 e. The van der Waals surface area contributed by atoms with Crippen molar-refractivity contribution in [1.82, 2.24) is 5.32 Å². The number of hydrogen-bond acceptors (Lipinski definition) is 2. The standard InChI is InChI=1S/C12H16ClNO2/c13-11-7-6-10(16-11)12(15)14-8-9-4-2-1-3-5-9/h6-7,9H,1-5,8H2,(H,14,15). The van der Waals surface area contributed by atoms with Crippen molar-refractivity contribution in [3.8, 4) is 0 Å². The summed E-state index contributed by atoms with van der Waals surface area (Å²) < 4.78 is 5.04. The Hall–Kier alpha value is -0.960. The molecule has 0 atom stereocenters. The van der Waals surface area contributed by atoms with Gasteiger partial charge in [0, 0.05) is 6.54 Å². The average molecular weight is 242 g/mol. The molecule has 4 heteroatoms. The van der Waals surface area contributed by atoms with Gasteiger partial charge >= 0.3 is 0 Å². The van der Waals surface area contributed by atoms with Crippen LogP contribution >= 0.6 is 11.6 Å². The third-order valence-electron chi connectivity index (χ3n) is 3.07. The molecule has 1 aromatic heterocycles. The fraction of sp³-hybridized carbons (Fsp3) is 0.583. The molecule has 0 unspecified atom stereocenters. The zero-order chi connectivity index (χ0) is 11.4. The highest BCUT2D eigenvalue weighted by atomic mass is 35.5. The van der Waals surface area contributed by atoms with E-state index in [0.717, 1.165) is 6.54 Å². The van der Waals surface area contributed by atoms with E-state index in [1.807, 2.05) is 0 Å². The third kappa shape index (κ3) is 3.01. The summed E-state index contributed by atoms with van der Waals surface area (Å²) in [5, 5.41) is 3.14. The van der Waals surface area contributed by atoms with Crippen LogP contribution in [0.2, 0.25) is 5.22 Å². The molecule has 0 spiro atoms. The molecule has 0 aliphatic heterocycles. The minimum Gasteiger partial charge on any atom is -0.440 e. The lowest BCUT2D eigenvalue weighted by molar-refractivity contribution is 0.0916. The quantitative estimate of drug-likeness (QED) is 0.883. The molecule has 1 aromatic rings. The molecule has 1 heterocycles. The van der Waals surface area contributed by atoms with Crippen LogP contribution in [-0.2, 0) is 0 Å². The summed E-state index contributed by atoms with van der Waals surface area (Å²) in [6.07, 6.45) is 6.34. The van der Waals surface area contributed by atoms with Crippen LogP contribution in [0.3, 0.4) is 0 Å². The van der Waals surface area contributed by atoms with Gasteiger partial charge in [-0.15, -0.1) is 0 Å². The molecule has 0 saturated heterocycles. The van der Waals surface area contributed by atoms with E-state index in [0.29, 0.717) is 11.7 Å². The second-order valence-electron chi connectivity index (χ2n) is 4.32. The van der Waals surface area contributed by atoms with Gasteiger partial charge in [-0.25, -0.2) is 0 Å². The van der Waals surface area contributed by atoms with E-state index in [1.54, 1.807) is 12.1 Å². The summed E-state index contributed by atoms with van der Waals surface area (Å²) in [5.41, 5.74) is 0. The van der Waals surface area contributed by atoms with Crippen molar-refractivity contribution >= 4 is 17.5 Å². The first-order chi connectivity index (χ1) is 7.75. The van der Waals surface area contributed by atoms with Crippen molar-refractivity contribution in [3.63, 3.8) is 0 Å². The van der Waals surface area contributed by atoms with E-state index < -0.39 is 0 Å². The molecule has 3 nitrogen and oxygen atoms in total. The Bertz CT molecular complexity index is 356. The number of nitrogens with one attached hydrogen (secondary N) is 1. The molecule has 1 aliphatic carbocycles. The van der Waals surface area contributed by atoms with Gasteiger partial charge in [0.15, 0.2) is 11.0 Å². The molecule has 1 N–H and O–H groups in total. The van der Waals surface area contributed by atoms with Gasteiger partial charge in [0.25, 0.3) is 5.91 Å². The Balaban J connectivity index is 1.79. The van der Waals surface area contributed by atoms with Gasteiger partial charge in [0.1, 0.15) is 0 Å². The average Bonchev–Trinajstić information content (AvgIpc) is 2.74. The van der Waals surface area contributed by atoms with Crippen LogP contribution in [-0.4, -0.2) is 12.5 Å². The Morgan fingerprint density at radius 2 is 2.12 bits per heavy atom. The lowest BCUT2D eigenvalue weighted by Crippen LogP contribution is -2.29. The molecule has 2 rings (SSSR count). The van der Waals surface area contributed by atoms with Crippen LogP contribution < -0.4 is 5.32 Å². The van der Waals surface area contributed by atoms with Gasteiger partial charge in [-0.1, -0.05) is 19.3 Å². The first kappa shape index (κ1) is 11.5. The molecular formula is C12H16ClNO2. The molecule has 0 radical (unpaired) electrons. The lowest BCUT2D eigenvalue weighted by atomic mass is 9.89. The van der Waals surface area contributed by atoms with Crippen molar-refractivity contribution in [2.24, 2.45) is 5.92 Å². The molecular weight excluding hydrogens is 226 g/mol. The van der Waals surface area contributed by atoms with E-state index in [9.17, 15) is 4.79 Å². The Morgan fingerprint density at radius 3 is 2.75 bits per heavy atom. The number of furan rings is 1. The van der Waals surface area contributed by atoms with Crippen molar-refractivity contribution in [2.45, 2.75) is 32.1 Å². The molecule has 88 valence electrons. The normalized spacial score (nSPS) is 17.3. The van der Waals surface area contributed by atoms with Crippen molar-refractivity contribution in [2.75, 3.05) is 6.54 Å². The van der Waals surface area contributed by atoms with Gasteiger partial charge in [-0.2, -0.15) is 0 Å². The summed E-state index contributed by atoms with van der Waals surface area (Å²) in [6, 6.07) is 3.18. The minimum atomic E-state index is -0.169. The predicted octanol–water partition coefficient (Wildman–Crippen LogP) is 3.24. The zero-order valence-electron chi connectivity index (χ0n) is 9.17.